The third-order valence-electron chi connectivity index (χ3n) is 1.81. The Labute approximate surface area is 67.6 Å². The van der Waals surface area contributed by atoms with Gasteiger partial charge in [0.25, 0.3) is 0 Å². The number of nitrogen functional groups attached to an aromatic ring is 1. The lowest BCUT2D eigenvalue weighted by Crippen LogP contribution is -1.89. The fourth-order valence-electron chi connectivity index (χ4n) is 1.19. The fraction of sp³-hybridized carbons (Fsp3) is 0. The van der Waals surface area contributed by atoms with E-state index in [2.05, 4.69) is 4.98 Å². The molecule has 0 aliphatic rings. The van der Waals surface area contributed by atoms with Gasteiger partial charge in [-0.3, -0.25) is 0 Å². The van der Waals surface area contributed by atoms with Crippen molar-refractivity contribution in [2.75, 3.05) is 5.73 Å². The maximum absolute atomic E-state index is 13.2. The van der Waals surface area contributed by atoms with Crippen LogP contribution in [0, 0.1) is 5.82 Å². The van der Waals surface area contributed by atoms with E-state index < -0.39 is 5.82 Å². The molecule has 2 aromatic rings. The van der Waals surface area contributed by atoms with Gasteiger partial charge in [-0.05, 0) is 6.07 Å². The molecule has 4 N–H and O–H groups in total. The highest BCUT2D eigenvalue weighted by Gasteiger charge is 2.09. The summed E-state index contributed by atoms with van der Waals surface area (Å²) in [7, 11) is 0. The van der Waals surface area contributed by atoms with Crippen molar-refractivity contribution in [3.05, 3.63) is 24.1 Å². The Bertz CT molecular complexity index is 436. The first-order chi connectivity index (χ1) is 5.70. The zero-order chi connectivity index (χ0) is 8.72. The maximum Gasteiger partial charge on any atom is 0.199 e. The summed E-state index contributed by atoms with van der Waals surface area (Å²) in [5.41, 5.74) is 5.35. The van der Waals surface area contributed by atoms with Gasteiger partial charge in [-0.2, -0.15) is 0 Å². The molecule has 0 aliphatic heterocycles. The molecule has 12 heavy (non-hydrogen) atoms. The second-order valence-electron chi connectivity index (χ2n) is 2.57. The van der Waals surface area contributed by atoms with Gasteiger partial charge < -0.3 is 15.8 Å². The van der Waals surface area contributed by atoms with Gasteiger partial charge in [-0.25, -0.2) is 4.39 Å². The molecule has 4 heteroatoms. The van der Waals surface area contributed by atoms with Gasteiger partial charge in [0.2, 0.25) is 0 Å². The highest BCUT2D eigenvalue weighted by Crippen LogP contribution is 2.29. The van der Waals surface area contributed by atoms with Crippen LogP contribution in [0.1, 0.15) is 0 Å². The van der Waals surface area contributed by atoms with Crippen LogP contribution in [0.15, 0.2) is 18.3 Å². The lowest BCUT2D eigenvalue weighted by Gasteiger charge is -1.96. The van der Waals surface area contributed by atoms with Crippen molar-refractivity contribution in [3.63, 3.8) is 0 Å². The number of H-pyrrole nitrogens is 1. The topological polar surface area (TPSA) is 62.0 Å². The van der Waals surface area contributed by atoms with Gasteiger partial charge in [0.15, 0.2) is 11.7 Å². The van der Waals surface area contributed by atoms with Crippen LogP contribution in [-0.4, -0.2) is 10.1 Å². The number of aromatic nitrogens is 1. The molecule has 0 saturated heterocycles. The van der Waals surface area contributed by atoms with E-state index in [0.29, 0.717) is 5.39 Å². The minimum absolute atomic E-state index is 0.0393. The molecule has 0 bridgehead atoms. The smallest absolute Gasteiger partial charge is 0.199 e. The van der Waals surface area contributed by atoms with E-state index in [0.717, 1.165) is 0 Å². The summed E-state index contributed by atoms with van der Waals surface area (Å²) in [6.45, 7) is 0. The maximum atomic E-state index is 13.2. The van der Waals surface area contributed by atoms with Crippen molar-refractivity contribution in [1.29, 1.82) is 0 Å². The summed E-state index contributed by atoms with van der Waals surface area (Å²) in [4.78, 5) is 2.50. The minimum Gasteiger partial charge on any atom is -0.494 e. The van der Waals surface area contributed by atoms with E-state index in [-0.39, 0.29) is 17.0 Å². The van der Waals surface area contributed by atoms with Crippen LogP contribution in [0.3, 0.4) is 0 Å². The zero-order valence-corrected chi connectivity index (χ0v) is 6.13. The number of anilines is 1. The number of aromatic amines is 1. The number of aromatic hydroxyl groups is 1. The van der Waals surface area contributed by atoms with E-state index in [1.54, 1.807) is 6.07 Å². The number of hydrogen-bond acceptors (Lipinski definition) is 2. The molecule has 0 amide bonds. The first-order valence-corrected chi connectivity index (χ1v) is 3.44. The standard InChI is InChI=1S/C8H7FN2O/c9-7-5(10)2-1-4-3-11-8(12)6(4)7/h1-3,11-12H,10H2. The molecule has 0 spiro atoms. The number of fused-ring (bicyclic) bond motifs is 1. The Hall–Kier alpha value is -1.71. The van der Waals surface area contributed by atoms with Gasteiger partial charge in [0.05, 0.1) is 11.1 Å². The molecule has 62 valence electrons. The summed E-state index contributed by atoms with van der Waals surface area (Å²) >= 11 is 0. The lowest BCUT2D eigenvalue weighted by atomic mass is 10.2. The van der Waals surface area contributed by atoms with E-state index in [4.69, 9.17) is 10.8 Å². The third-order valence-corrected chi connectivity index (χ3v) is 1.81. The van der Waals surface area contributed by atoms with Gasteiger partial charge >= 0.3 is 0 Å². The van der Waals surface area contributed by atoms with E-state index in [1.807, 2.05) is 0 Å². The predicted molar refractivity (Wildman–Crippen MR) is 44.3 cm³/mol. The second kappa shape index (κ2) is 2.14. The molecule has 0 radical (unpaired) electrons. The molecule has 2 rings (SSSR count). The summed E-state index contributed by atoms with van der Waals surface area (Å²) in [5, 5.41) is 9.92. The summed E-state index contributed by atoms with van der Waals surface area (Å²) < 4.78 is 13.2. The van der Waals surface area contributed by atoms with Crippen LogP contribution >= 0.6 is 0 Å². The third kappa shape index (κ3) is 0.747. The fourth-order valence-corrected chi connectivity index (χ4v) is 1.19. The monoisotopic (exact) mass is 166 g/mol. The van der Waals surface area contributed by atoms with Crippen molar-refractivity contribution in [2.45, 2.75) is 0 Å². The average Bonchev–Trinajstić information content (AvgIpc) is 2.41. The molecule has 1 aromatic carbocycles. The SMILES string of the molecule is Nc1ccc2c[nH]c(O)c2c1F. The van der Waals surface area contributed by atoms with Crippen molar-refractivity contribution < 1.29 is 9.50 Å². The van der Waals surface area contributed by atoms with Crippen molar-refractivity contribution in [3.8, 4) is 5.88 Å². The van der Waals surface area contributed by atoms with Crippen LogP contribution in [0.25, 0.3) is 10.8 Å². The van der Waals surface area contributed by atoms with Crippen molar-refractivity contribution in [2.24, 2.45) is 0 Å². The predicted octanol–water partition coefficient (Wildman–Crippen LogP) is 1.59. The summed E-state index contributed by atoms with van der Waals surface area (Å²) in [6, 6.07) is 3.11. The summed E-state index contributed by atoms with van der Waals surface area (Å²) in [6.07, 6.45) is 1.52. The van der Waals surface area contributed by atoms with E-state index in [9.17, 15) is 4.39 Å². The Morgan fingerprint density at radius 3 is 2.92 bits per heavy atom. The van der Waals surface area contributed by atoms with Crippen molar-refractivity contribution in [1.82, 2.24) is 4.98 Å². The quantitative estimate of drug-likeness (QED) is 0.520. The first kappa shape index (κ1) is 6.97. The largest absolute Gasteiger partial charge is 0.494 e. The molecular formula is C8H7FN2O. The molecule has 1 heterocycles. The zero-order valence-electron chi connectivity index (χ0n) is 6.13. The van der Waals surface area contributed by atoms with Crippen LogP contribution in [0.5, 0.6) is 5.88 Å². The van der Waals surface area contributed by atoms with Gasteiger partial charge in [-0.15, -0.1) is 0 Å². The number of benzene rings is 1. The Morgan fingerprint density at radius 2 is 2.17 bits per heavy atom. The molecule has 0 saturated carbocycles. The van der Waals surface area contributed by atoms with Crippen LogP contribution in [0.4, 0.5) is 10.1 Å². The number of nitrogens with one attached hydrogen (secondary N) is 1. The number of hydrogen-bond donors (Lipinski definition) is 3. The molecule has 0 aliphatic carbocycles. The van der Waals surface area contributed by atoms with Crippen LogP contribution in [-0.2, 0) is 0 Å². The molecule has 1 aromatic heterocycles. The second-order valence-corrected chi connectivity index (χ2v) is 2.57. The Morgan fingerprint density at radius 1 is 1.42 bits per heavy atom. The molecule has 0 atom stereocenters. The van der Waals surface area contributed by atoms with Gasteiger partial charge in [-0.1, -0.05) is 6.07 Å². The number of halogens is 1. The average molecular weight is 166 g/mol. The minimum atomic E-state index is -0.578. The molecular weight excluding hydrogens is 159 g/mol. The lowest BCUT2D eigenvalue weighted by molar-refractivity contribution is 0.460. The van der Waals surface area contributed by atoms with Gasteiger partial charge in [0.1, 0.15) is 0 Å². The highest BCUT2D eigenvalue weighted by molar-refractivity contribution is 5.90. The Balaban J connectivity index is 2.96. The number of rotatable bonds is 0. The number of nitrogens with two attached hydrogens (primary N) is 1. The molecule has 0 fully saturated rings. The van der Waals surface area contributed by atoms with Crippen molar-refractivity contribution >= 4 is 16.5 Å². The normalized spacial score (nSPS) is 10.8. The van der Waals surface area contributed by atoms with Crippen LogP contribution < -0.4 is 5.73 Å². The summed E-state index contributed by atoms with van der Waals surface area (Å²) in [5.74, 6) is -0.763. The highest BCUT2D eigenvalue weighted by atomic mass is 19.1. The first-order valence-electron chi connectivity index (χ1n) is 3.44. The van der Waals surface area contributed by atoms with Crippen LogP contribution in [0.2, 0.25) is 0 Å². The van der Waals surface area contributed by atoms with Gasteiger partial charge in [0, 0.05) is 11.6 Å². The molecule has 3 nitrogen and oxygen atoms in total. The molecule has 0 unspecified atom stereocenters. The Kier molecular flexibility index (Phi) is 1.24. The van der Waals surface area contributed by atoms with E-state index >= 15 is 0 Å². The van der Waals surface area contributed by atoms with E-state index in [1.165, 1.54) is 12.3 Å².